The van der Waals surface area contributed by atoms with Gasteiger partial charge in [-0.1, -0.05) is 24.3 Å². The van der Waals surface area contributed by atoms with Gasteiger partial charge in [0.25, 0.3) is 0 Å². The van der Waals surface area contributed by atoms with Crippen molar-refractivity contribution in [3.05, 3.63) is 64.6 Å². The molecule has 28 heavy (non-hydrogen) atoms. The van der Waals surface area contributed by atoms with Gasteiger partial charge in [-0.05, 0) is 42.0 Å². The second-order valence-corrected chi connectivity index (χ2v) is 6.35. The summed E-state index contributed by atoms with van der Waals surface area (Å²) in [6.07, 6.45) is 0.0948. The van der Waals surface area contributed by atoms with Crippen LogP contribution < -0.4 is 26.7 Å². The Morgan fingerprint density at radius 2 is 1.89 bits per heavy atom. The molecule has 146 valence electrons. The van der Waals surface area contributed by atoms with Gasteiger partial charge in [0, 0.05) is 19.5 Å². The zero-order valence-electron chi connectivity index (χ0n) is 15.2. The molecule has 3 rings (SSSR count). The molecular weight excluding hydrogens is 380 g/mol. The number of nitrogens with zero attached hydrogens (tertiary/aromatic N) is 1. The number of carbonyl (C=O) groups excluding carboxylic acids is 1. The fourth-order valence-electron chi connectivity index (χ4n) is 2.60. The van der Waals surface area contributed by atoms with Crippen LogP contribution in [0.1, 0.15) is 12.0 Å². The molecule has 0 atom stereocenters. The minimum absolute atomic E-state index is 0.0948. The molecule has 2 aromatic carbocycles. The lowest BCUT2D eigenvalue weighted by atomic mass is 10.2. The molecule has 0 radical (unpaired) electrons. The van der Waals surface area contributed by atoms with Crippen molar-refractivity contribution >= 4 is 34.3 Å². The normalized spacial score (nSPS) is 10.5. The number of carbonyl (C=O) groups is 1. The number of benzene rings is 2. The van der Waals surface area contributed by atoms with Crippen LogP contribution in [0.2, 0.25) is 0 Å². The molecule has 3 aromatic rings. The highest BCUT2D eigenvalue weighted by Gasteiger charge is 2.10. The Bertz CT molecular complexity index is 1030. The van der Waals surface area contributed by atoms with Gasteiger partial charge in [0.1, 0.15) is 5.75 Å². The highest BCUT2D eigenvalue weighted by Crippen LogP contribution is 2.12. The van der Waals surface area contributed by atoms with E-state index in [1.165, 1.54) is 4.57 Å². The molecule has 3 N–H and O–H groups in total. The molecule has 0 aliphatic carbocycles. The van der Waals surface area contributed by atoms with Crippen LogP contribution in [0.5, 0.6) is 5.75 Å². The molecular formula is C19H20N4O4S. The fourth-order valence-corrected chi connectivity index (χ4v) is 2.72. The van der Waals surface area contributed by atoms with Crippen LogP contribution in [0.4, 0.5) is 0 Å². The predicted molar refractivity (Wildman–Crippen MR) is 109 cm³/mol. The van der Waals surface area contributed by atoms with Crippen LogP contribution in [0.25, 0.3) is 11.1 Å². The number of thiocarbonyl (C=S) groups is 1. The summed E-state index contributed by atoms with van der Waals surface area (Å²) in [5.41, 5.74) is 7.32. The predicted octanol–water partition coefficient (Wildman–Crippen LogP) is 1.69. The van der Waals surface area contributed by atoms with E-state index in [1.807, 2.05) is 30.3 Å². The molecule has 9 heteroatoms. The Labute approximate surface area is 166 Å². The lowest BCUT2D eigenvalue weighted by Crippen LogP contribution is -2.46. The smallest absolute Gasteiger partial charge is 0.419 e. The highest BCUT2D eigenvalue weighted by molar-refractivity contribution is 7.80. The van der Waals surface area contributed by atoms with Gasteiger partial charge in [-0.15, -0.1) is 0 Å². The number of oxazole rings is 1. The van der Waals surface area contributed by atoms with Crippen LogP contribution in [0.3, 0.4) is 0 Å². The van der Waals surface area contributed by atoms with E-state index < -0.39 is 5.76 Å². The van der Waals surface area contributed by atoms with Gasteiger partial charge in [0.05, 0.1) is 12.6 Å². The second-order valence-electron chi connectivity index (χ2n) is 5.94. The molecule has 0 saturated carbocycles. The summed E-state index contributed by atoms with van der Waals surface area (Å²) in [5.74, 6) is -0.00867. The number of hydrazine groups is 1. The van der Waals surface area contributed by atoms with Crippen molar-refractivity contribution < 1.29 is 13.9 Å². The van der Waals surface area contributed by atoms with E-state index in [1.54, 1.807) is 25.3 Å². The zero-order valence-corrected chi connectivity index (χ0v) is 16.0. The maximum Gasteiger partial charge on any atom is 0.419 e. The van der Waals surface area contributed by atoms with Crippen molar-refractivity contribution in [2.24, 2.45) is 0 Å². The number of rotatable bonds is 6. The Kier molecular flexibility index (Phi) is 6.28. The average molecular weight is 400 g/mol. The first-order chi connectivity index (χ1) is 13.6. The molecule has 0 aliphatic rings. The summed E-state index contributed by atoms with van der Waals surface area (Å²) in [4.78, 5) is 23.9. The Morgan fingerprint density at radius 3 is 2.64 bits per heavy atom. The average Bonchev–Trinajstić information content (AvgIpc) is 3.04. The van der Waals surface area contributed by atoms with Gasteiger partial charge in [0.2, 0.25) is 5.91 Å². The molecule has 0 unspecified atom stereocenters. The Morgan fingerprint density at radius 1 is 1.14 bits per heavy atom. The molecule has 0 spiro atoms. The maximum atomic E-state index is 12.0. The summed E-state index contributed by atoms with van der Waals surface area (Å²) >= 11 is 5.14. The van der Waals surface area contributed by atoms with Crippen LogP contribution in [-0.4, -0.2) is 22.7 Å². The monoisotopic (exact) mass is 400 g/mol. The second kappa shape index (κ2) is 9.05. The summed E-state index contributed by atoms with van der Waals surface area (Å²) in [6, 6.07) is 14.6. The molecule has 0 aliphatic heterocycles. The van der Waals surface area contributed by atoms with E-state index in [-0.39, 0.29) is 24.0 Å². The Hall–Kier alpha value is -3.33. The Balaban J connectivity index is 1.42. The van der Waals surface area contributed by atoms with Gasteiger partial charge in [-0.25, -0.2) is 4.79 Å². The molecule has 0 bridgehead atoms. The summed E-state index contributed by atoms with van der Waals surface area (Å²) in [5, 5.41) is 3.28. The first-order valence-corrected chi connectivity index (χ1v) is 9.01. The van der Waals surface area contributed by atoms with Crippen molar-refractivity contribution in [1.29, 1.82) is 0 Å². The van der Waals surface area contributed by atoms with Gasteiger partial charge < -0.3 is 14.5 Å². The van der Waals surface area contributed by atoms with Gasteiger partial charge in [-0.3, -0.25) is 20.2 Å². The topological polar surface area (TPSA) is 97.5 Å². The molecule has 0 saturated heterocycles. The van der Waals surface area contributed by atoms with E-state index in [0.29, 0.717) is 17.6 Å². The van der Waals surface area contributed by atoms with Crippen molar-refractivity contribution in [3.63, 3.8) is 0 Å². The maximum absolute atomic E-state index is 12.0. The van der Waals surface area contributed by atoms with Crippen LogP contribution in [0, 0.1) is 0 Å². The third-order valence-corrected chi connectivity index (χ3v) is 4.31. The lowest BCUT2D eigenvalue weighted by molar-refractivity contribution is -0.121. The highest BCUT2D eigenvalue weighted by atomic mass is 32.1. The van der Waals surface area contributed by atoms with Crippen LogP contribution >= 0.6 is 12.2 Å². The number of fused-ring (bicyclic) bond motifs is 1. The van der Waals surface area contributed by atoms with Gasteiger partial charge in [0.15, 0.2) is 10.7 Å². The van der Waals surface area contributed by atoms with E-state index in [0.717, 1.165) is 11.3 Å². The molecule has 1 amide bonds. The first kappa shape index (κ1) is 19.4. The van der Waals surface area contributed by atoms with E-state index in [4.69, 9.17) is 21.4 Å². The van der Waals surface area contributed by atoms with Crippen LogP contribution in [-0.2, 0) is 17.9 Å². The summed E-state index contributed by atoms with van der Waals surface area (Å²) in [7, 11) is 1.61. The largest absolute Gasteiger partial charge is 0.497 e. The third kappa shape index (κ3) is 4.89. The molecule has 8 nitrogen and oxygen atoms in total. The number of ether oxygens (including phenoxy) is 1. The standard InChI is InChI=1S/C19H20N4O4S/c1-26-14-8-6-13(7-9-14)12-20-18(28)22-21-17(24)10-11-23-15-4-2-3-5-16(15)27-19(23)25/h2-9H,10-12H2,1H3,(H,21,24)(H2,20,22,28). The number of para-hydroxylation sites is 2. The minimum atomic E-state index is -0.487. The molecule has 1 heterocycles. The van der Waals surface area contributed by atoms with E-state index in [2.05, 4.69) is 16.2 Å². The number of hydrogen-bond donors (Lipinski definition) is 3. The summed E-state index contributed by atoms with van der Waals surface area (Å²) < 4.78 is 11.7. The number of nitrogens with one attached hydrogen (secondary N) is 3. The number of methoxy groups -OCH3 is 1. The van der Waals surface area contributed by atoms with Crippen molar-refractivity contribution in [2.75, 3.05) is 7.11 Å². The van der Waals surface area contributed by atoms with Crippen LogP contribution in [0.15, 0.2) is 57.7 Å². The number of amides is 1. The minimum Gasteiger partial charge on any atom is -0.497 e. The number of aryl methyl sites for hydroxylation is 1. The van der Waals surface area contributed by atoms with Gasteiger partial charge >= 0.3 is 5.76 Å². The number of aromatic nitrogens is 1. The van der Waals surface area contributed by atoms with Crippen molar-refractivity contribution in [1.82, 2.24) is 20.7 Å². The summed E-state index contributed by atoms with van der Waals surface area (Å²) in [6.45, 7) is 0.706. The fraction of sp³-hybridized carbons (Fsp3) is 0.211. The molecule has 1 aromatic heterocycles. The quantitative estimate of drug-likeness (QED) is 0.428. The molecule has 0 fully saturated rings. The number of hydrogen-bond acceptors (Lipinski definition) is 5. The SMILES string of the molecule is COc1ccc(CNC(=S)NNC(=O)CCn2c(=O)oc3ccccc32)cc1. The first-order valence-electron chi connectivity index (χ1n) is 8.61. The van der Waals surface area contributed by atoms with Gasteiger partial charge in [-0.2, -0.15) is 0 Å². The van der Waals surface area contributed by atoms with E-state index >= 15 is 0 Å². The van der Waals surface area contributed by atoms with Crippen molar-refractivity contribution in [2.45, 2.75) is 19.5 Å². The zero-order chi connectivity index (χ0) is 19.9. The third-order valence-electron chi connectivity index (χ3n) is 4.06. The van der Waals surface area contributed by atoms with E-state index in [9.17, 15) is 9.59 Å². The lowest BCUT2D eigenvalue weighted by Gasteiger charge is -2.12. The van der Waals surface area contributed by atoms with Crippen molar-refractivity contribution in [3.8, 4) is 5.75 Å².